The Hall–Kier alpha value is -2.91. The third kappa shape index (κ3) is 8.46. The van der Waals surface area contributed by atoms with Crippen LogP contribution in [0, 0.1) is 0 Å². The van der Waals surface area contributed by atoms with Crippen LogP contribution in [0.25, 0.3) is 0 Å². The number of benzene rings is 2. The molecule has 0 bridgehead atoms. The van der Waals surface area contributed by atoms with Gasteiger partial charge < -0.3 is 15.0 Å². The Kier molecular flexibility index (Phi) is 10.5. The lowest BCUT2D eigenvalue weighted by Crippen LogP contribution is -2.53. The van der Waals surface area contributed by atoms with Crippen LogP contribution in [0.3, 0.4) is 0 Å². The van der Waals surface area contributed by atoms with Crippen molar-refractivity contribution in [2.24, 2.45) is 0 Å². The fourth-order valence-corrected chi connectivity index (χ4v) is 3.73. The molecule has 1 N–H and O–H groups in total. The number of rotatable bonds is 13. The first-order valence-corrected chi connectivity index (χ1v) is 13.2. The van der Waals surface area contributed by atoms with Gasteiger partial charge in [0.15, 0.2) is 0 Å². The molecule has 0 saturated carbocycles. The highest BCUT2D eigenvalue weighted by Crippen LogP contribution is 2.18. The number of hydrogen-bond acceptors (Lipinski definition) is 5. The van der Waals surface area contributed by atoms with E-state index in [2.05, 4.69) is 5.32 Å². The van der Waals surface area contributed by atoms with E-state index in [-0.39, 0.29) is 19.0 Å². The van der Waals surface area contributed by atoms with E-state index in [1.54, 1.807) is 19.2 Å². The van der Waals surface area contributed by atoms with E-state index < -0.39 is 22.0 Å². The summed E-state index contributed by atoms with van der Waals surface area (Å²) in [6.45, 7) is 2.34. The second-order valence-corrected chi connectivity index (χ2v) is 10.3. The maximum absolute atomic E-state index is 13.4. The molecule has 0 heterocycles. The highest BCUT2D eigenvalue weighted by Gasteiger charge is 2.31. The summed E-state index contributed by atoms with van der Waals surface area (Å²) >= 11 is 0. The fraction of sp³-hybridized carbons (Fsp3) is 0.440. The van der Waals surface area contributed by atoms with E-state index in [9.17, 15) is 18.0 Å². The number of ether oxygens (including phenoxy) is 1. The van der Waals surface area contributed by atoms with Gasteiger partial charge in [0.25, 0.3) is 0 Å². The molecule has 0 aliphatic rings. The molecule has 186 valence electrons. The molecule has 34 heavy (non-hydrogen) atoms. The van der Waals surface area contributed by atoms with E-state index in [0.29, 0.717) is 18.7 Å². The lowest BCUT2D eigenvalue weighted by Gasteiger charge is -2.32. The first-order chi connectivity index (χ1) is 16.2. The number of likely N-dealkylation sites (N-methyl/N-ethyl adjacent to an activating group) is 1. The van der Waals surface area contributed by atoms with Gasteiger partial charge in [-0.3, -0.25) is 9.59 Å². The summed E-state index contributed by atoms with van der Waals surface area (Å²) in [5, 5.41) is 2.94. The maximum atomic E-state index is 13.4. The van der Waals surface area contributed by atoms with Crippen molar-refractivity contribution >= 4 is 21.8 Å². The number of hydrogen-bond donors (Lipinski definition) is 1. The quantitative estimate of drug-likeness (QED) is 0.436. The van der Waals surface area contributed by atoms with Crippen molar-refractivity contribution in [3.8, 4) is 5.75 Å². The maximum Gasteiger partial charge on any atom is 0.243 e. The van der Waals surface area contributed by atoms with Crippen molar-refractivity contribution in [1.82, 2.24) is 14.5 Å². The van der Waals surface area contributed by atoms with Crippen molar-refractivity contribution < 1.29 is 22.7 Å². The number of sulfonamides is 1. The van der Waals surface area contributed by atoms with Gasteiger partial charge in [0.1, 0.15) is 11.8 Å². The SMILES string of the molecule is CCCCNC(=O)[C@H](Cc1ccccc1)N(Cc1ccc(OC)cc1)C(=O)CN(C)S(C)(=O)=O. The molecular weight excluding hydrogens is 454 g/mol. The number of methoxy groups -OCH3 is 1. The zero-order chi connectivity index (χ0) is 25.1. The summed E-state index contributed by atoms with van der Waals surface area (Å²) in [5.74, 6) is -0.0342. The Bertz CT molecular complexity index is 1030. The van der Waals surface area contributed by atoms with Crippen molar-refractivity contribution in [1.29, 1.82) is 0 Å². The van der Waals surface area contributed by atoms with E-state index >= 15 is 0 Å². The van der Waals surface area contributed by atoms with Gasteiger partial charge in [0.2, 0.25) is 21.8 Å². The molecule has 0 fully saturated rings. The number of nitrogens with zero attached hydrogens (tertiary/aromatic N) is 2. The second kappa shape index (κ2) is 13.1. The fourth-order valence-electron chi connectivity index (χ4n) is 3.39. The third-order valence-electron chi connectivity index (χ3n) is 5.54. The Balaban J connectivity index is 2.41. The van der Waals surface area contributed by atoms with Gasteiger partial charge in [-0.1, -0.05) is 55.8 Å². The van der Waals surface area contributed by atoms with Crippen LogP contribution in [0.5, 0.6) is 5.75 Å². The summed E-state index contributed by atoms with van der Waals surface area (Å²) in [4.78, 5) is 28.2. The van der Waals surface area contributed by atoms with Gasteiger partial charge in [-0.2, -0.15) is 4.31 Å². The van der Waals surface area contributed by atoms with Gasteiger partial charge in [0.05, 0.1) is 19.9 Å². The topological polar surface area (TPSA) is 96.0 Å². The van der Waals surface area contributed by atoms with E-state index in [1.165, 1.54) is 11.9 Å². The van der Waals surface area contributed by atoms with Crippen molar-refractivity contribution in [2.75, 3.05) is 33.5 Å². The molecule has 0 aromatic heterocycles. The first-order valence-electron chi connectivity index (χ1n) is 11.3. The summed E-state index contributed by atoms with van der Waals surface area (Å²) in [5.41, 5.74) is 1.71. The van der Waals surface area contributed by atoms with Crippen LogP contribution in [0.4, 0.5) is 0 Å². The van der Waals surface area contributed by atoms with Crippen LogP contribution in [0.15, 0.2) is 54.6 Å². The van der Waals surface area contributed by atoms with Crippen LogP contribution in [-0.2, 0) is 32.6 Å². The lowest BCUT2D eigenvalue weighted by atomic mass is 10.0. The lowest BCUT2D eigenvalue weighted by molar-refractivity contribution is -0.141. The molecule has 0 unspecified atom stereocenters. The van der Waals surface area contributed by atoms with Gasteiger partial charge in [0, 0.05) is 26.6 Å². The highest BCUT2D eigenvalue weighted by atomic mass is 32.2. The van der Waals surface area contributed by atoms with E-state index in [1.807, 2.05) is 49.4 Å². The van der Waals surface area contributed by atoms with E-state index in [0.717, 1.165) is 34.5 Å². The minimum Gasteiger partial charge on any atom is -0.497 e. The largest absolute Gasteiger partial charge is 0.497 e. The Labute approximate surface area is 202 Å². The zero-order valence-electron chi connectivity index (χ0n) is 20.4. The van der Waals surface area contributed by atoms with Crippen molar-refractivity contribution in [3.63, 3.8) is 0 Å². The minimum atomic E-state index is -3.57. The Morgan fingerprint density at radius 2 is 1.68 bits per heavy atom. The summed E-state index contributed by atoms with van der Waals surface area (Å²) in [6, 6.07) is 15.9. The standard InChI is InChI=1S/C25H35N3O5S/c1-5-6-16-26-25(30)23(17-20-10-8-7-9-11-20)28(24(29)19-27(2)34(4,31)32)18-21-12-14-22(33-3)15-13-21/h7-15,23H,5-6,16-19H2,1-4H3,(H,26,30)/t23-/m0/s1. The van der Waals surface area contributed by atoms with Crippen LogP contribution in [-0.4, -0.2) is 69.0 Å². The number of unbranched alkanes of at least 4 members (excludes halogenated alkanes) is 1. The van der Waals surface area contributed by atoms with Gasteiger partial charge in [-0.05, 0) is 29.7 Å². The molecule has 1 atom stereocenters. The number of carbonyl (C=O) groups excluding carboxylic acids is 2. The summed E-state index contributed by atoms with van der Waals surface area (Å²) < 4.78 is 30.1. The molecule has 0 aliphatic heterocycles. The molecule has 2 aromatic carbocycles. The predicted molar refractivity (Wildman–Crippen MR) is 133 cm³/mol. The summed E-state index contributed by atoms with van der Waals surface area (Å²) in [7, 11) is -0.642. The molecule has 0 saturated heterocycles. The van der Waals surface area contributed by atoms with Crippen LogP contribution in [0.1, 0.15) is 30.9 Å². The Morgan fingerprint density at radius 1 is 1.03 bits per heavy atom. The third-order valence-corrected chi connectivity index (χ3v) is 6.80. The summed E-state index contributed by atoms with van der Waals surface area (Å²) in [6.07, 6.45) is 3.11. The van der Waals surface area contributed by atoms with Crippen LogP contribution < -0.4 is 10.1 Å². The van der Waals surface area contributed by atoms with Gasteiger partial charge in [-0.25, -0.2) is 8.42 Å². The molecule has 0 spiro atoms. The number of amides is 2. The molecule has 2 amide bonds. The molecule has 9 heteroatoms. The van der Waals surface area contributed by atoms with E-state index in [4.69, 9.17) is 4.74 Å². The first kappa shape index (κ1) is 27.3. The van der Waals surface area contributed by atoms with Gasteiger partial charge in [-0.15, -0.1) is 0 Å². The highest BCUT2D eigenvalue weighted by molar-refractivity contribution is 7.88. The number of carbonyl (C=O) groups is 2. The number of nitrogens with one attached hydrogen (secondary N) is 1. The second-order valence-electron chi connectivity index (χ2n) is 8.24. The van der Waals surface area contributed by atoms with Crippen LogP contribution in [0.2, 0.25) is 0 Å². The predicted octanol–water partition coefficient (Wildman–Crippen LogP) is 2.44. The molecule has 2 aromatic rings. The van der Waals surface area contributed by atoms with Crippen molar-refractivity contribution in [3.05, 3.63) is 65.7 Å². The zero-order valence-corrected chi connectivity index (χ0v) is 21.2. The minimum absolute atomic E-state index is 0.152. The van der Waals surface area contributed by atoms with Crippen molar-refractivity contribution in [2.45, 2.75) is 38.8 Å². The molecule has 0 radical (unpaired) electrons. The molecule has 8 nitrogen and oxygen atoms in total. The average Bonchev–Trinajstić information content (AvgIpc) is 2.81. The monoisotopic (exact) mass is 489 g/mol. The average molecular weight is 490 g/mol. The van der Waals surface area contributed by atoms with Crippen LogP contribution >= 0.6 is 0 Å². The van der Waals surface area contributed by atoms with Gasteiger partial charge >= 0.3 is 0 Å². The normalized spacial score (nSPS) is 12.3. The smallest absolute Gasteiger partial charge is 0.243 e. The Morgan fingerprint density at radius 3 is 2.24 bits per heavy atom. The molecule has 2 rings (SSSR count). The molecule has 0 aliphatic carbocycles. The molecular formula is C25H35N3O5S.